The van der Waals surface area contributed by atoms with Crippen LogP contribution in [0.25, 0.3) is 0 Å². The molecule has 14 heavy (non-hydrogen) atoms. The molecular formula is C10H14BClO2. The Morgan fingerprint density at radius 1 is 1.21 bits per heavy atom. The molecule has 2 N–H and O–H groups in total. The highest BCUT2D eigenvalue weighted by Crippen LogP contribution is 2.23. The summed E-state index contributed by atoms with van der Waals surface area (Å²) in [5.74, 6) is 0. The minimum absolute atomic E-state index is 0.149. The summed E-state index contributed by atoms with van der Waals surface area (Å²) in [6.07, 6.45) is 0. The van der Waals surface area contributed by atoms with E-state index in [9.17, 15) is 10.0 Å². The molecule has 0 atom stereocenters. The number of halogens is 1. The zero-order chi connectivity index (χ0) is 10.9. The fraction of sp³-hybridized carbons (Fsp3) is 0.400. The molecule has 0 heterocycles. The lowest BCUT2D eigenvalue weighted by molar-refractivity contribution is 0.424. The SMILES string of the molecule is CC(C)(C)c1cc(Cl)ccc1B(O)O. The minimum Gasteiger partial charge on any atom is -0.423 e. The van der Waals surface area contributed by atoms with E-state index in [4.69, 9.17) is 11.6 Å². The van der Waals surface area contributed by atoms with Gasteiger partial charge in [0, 0.05) is 5.02 Å². The highest BCUT2D eigenvalue weighted by molar-refractivity contribution is 6.59. The summed E-state index contributed by atoms with van der Waals surface area (Å²) in [5.41, 5.74) is 1.23. The highest BCUT2D eigenvalue weighted by Gasteiger charge is 2.23. The predicted octanol–water partition coefficient (Wildman–Crippen LogP) is 1.32. The smallest absolute Gasteiger partial charge is 0.423 e. The molecule has 0 aliphatic rings. The second-order valence-electron chi connectivity index (χ2n) is 4.36. The number of rotatable bonds is 1. The maximum atomic E-state index is 9.17. The van der Waals surface area contributed by atoms with Crippen LogP contribution in [0.5, 0.6) is 0 Å². The van der Waals surface area contributed by atoms with Gasteiger partial charge in [-0.25, -0.2) is 0 Å². The fourth-order valence-electron chi connectivity index (χ4n) is 1.40. The molecule has 1 aromatic rings. The maximum Gasteiger partial charge on any atom is 0.488 e. The van der Waals surface area contributed by atoms with E-state index in [1.54, 1.807) is 18.2 Å². The van der Waals surface area contributed by atoms with Crippen molar-refractivity contribution >= 4 is 24.2 Å². The van der Waals surface area contributed by atoms with Gasteiger partial charge in [-0.3, -0.25) is 0 Å². The van der Waals surface area contributed by atoms with E-state index in [0.717, 1.165) is 5.56 Å². The lowest BCUT2D eigenvalue weighted by atomic mass is 9.70. The second kappa shape index (κ2) is 3.93. The van der Waals surface area contributed by atoms with E-state index < -0.39 is 7.12 Å². The van der Waals surface area contributed by atoms with Crippen molar-refractivity contribution in [2.75, 3.05) is 0 Å². The standard InChI is InChI=1S/C10H14BClO2/c1-10(2,3)8-6-7(12)4-5-9(8)11(13)14/h4-6,13-14H,1-3H3. The first-order chi connectivity index (χ1) is 6.32. The molecule has 76 valence electrons. The first kappa shape index (κ1) is 11.6. The minimum atomic E-state index is -1.44. The Balaban J connectivity index is 3.30. The third-order valence-electron chi connectivity index (χ3n) is 2.10. The van der Waals surface area contributed by atoms with Crippen LogP contribution < -0.4 is 5.46 Å². The zero-order valence-corrected chi connectivity index (χ0v) is 9.34. The van der Waals surface area contributed by atoms with Gasteiger partial charge in [0.1, 0.15) is 0 Å². The monoisotopic (exact) mass is 212 g/mol. The van der Waals surface area contributed by atoms with Crippen molar-refractivity contribution in [3.8, 4) is 0 Å². The molecule has 0 amide bonds. The molecule has 0 fully saturated rings. The van der Waals surface area contributed by atoms with Crippen LogP contribution in [0.2, 0.25) is 5.02 Å². The van der Waals surface area contributed by atoms with Gasteiger partial charge in [-0.05, 0) is 28.6 Å². The molecule has 0 aromatic heterocycles. The molecule has 0 aliphatic carbocycles. The Morgan fingerprint density at radius 3 is 2.21 bits per heavy atom. The summed E-state index contributed by atoms with van der Waals surface area (Å²) < 4.78 is 0. The molecule has 2 nitrogen and oxygen atoms in total. The molecule has 0 aliphatic heterocycles. The van der Waals surface area contributed by atoms with Crippen LogP contribution >= 0.6 is 11.6 Å². The van der Waals surface area contributed by atoms with E-state index in [0.29, 0.717) is 10.5 Å². The van der Waals surface area contributed by atoms with Crippen molar-refractivity contribution in [1.82, 2.24) is 0 Å². The van der Waals surface area contributed by atoms with Gasteiger partial charge in [0.25, 0.3) is 0 Å². The van der Waals surface area contributed by atoms with E-state index in [1.807, 2.05) is 20.8 Å². The Morgan fingerprint density at radius 2 is 1.79 bits per heavy atom. The van der Waals surface area contributed by atoms with Gasteiger partial charge >= 0.3 is 7.12 Å². The number of benzene rings is 1. The van der Waals surface area contributed by atoms with Crippen LogP contribution in [-0.4, -0.2) is 17.2 Å². The fourth-order valence-corrected chi connectivity index (χ4v) is 1.58. The van der Waals surface area contributed by atoms with Crippen LogP contribution in [0.4, 0.5) is 0 Å². The van der Waals surface area contributed by atoms with Crippen molar-refractivity contribution < 1.29 is 10.0 Å². The van der Waals surface area contributed by atoms with Crippen LogP contribution in [-0.2, 0) is 5.41 Å². The van der Waals surface area contributed by atoms with Gasteiger partial charge in [0.15, 0.2) is 0 Å². The summed E-state index contributed by atoms with van der Waals surface area (Å²) in [6, 6.07) is 5.08. The molecule has 1 aromatic carbocycles. The molecule has 0 saturated carbocycles. The lowest BCUT2D eigenvalue weighted by Crippen LogP contribution is -2.37. The summed E-state index contributed by atoms with van der Waals surface area (Å²) in [6.45, 7) is 6.01. The van der Waals surface area contributed by atoms with Gasteiger partial charge in [-0.1, -0.05) is 38.4 Å². The quantitative estimate of drug-likeness (QED) is 0.689. The molecule has 0 bridgehead atoms. The highest BCUT2D eigenvalue weighted by atomic mass is 35.5. The third kappa shape index (κ3) is 2.50. The Kier molecular flexibility index (Phi) is 3.25. The van der Waals surface area contributed by atoms with E-state index in [-0.39, 0.29) is 5.41 Å². The van der Waals surface area contributed by atoms with Crippen molar-refractivity contribution in [1.29, 1.82) is 0 Å². The molecule has 0 spiro atoms. The Labute approximate surface area is 89.7 Å². The third-order valence-corrected chi connectivity index (χ3v) is 2.34. The predicted molar refractivity (Wildman–Crippen MR) is 60.0 cm³/mol. The van der Waals surface area contributed by atoms with Crippen molar-refractivity contribution in [2.45, 2.75) is 26.2 Å². The number of hydrogen-bond acceptors (Lipinski definition) is 2. The van der Waals surface area contributed by atoms with Crippen LogP contribution in [0, 0.1) is 0 Å². The van der Waals surface area contributed by atoms with Crippen molar-refractivity contribution in [2.24, 2.45) is 0 Å². The average molecular weight is 212 g/mol. The Hall–Kier alpha value is -0.505. The van der Waals surface area contributed by atoms with Gasteiger partial charge in [-0.15, -0.1) is 0 Å². The van der Waals surface area contributed by atoms with E-state index >= 15 is 0 Å². The van der Waals surface area contributed by atoms with E-state index in [2.05, 4.69) is 0 Å². The second-order valence-corrected chi connectivity index (χ2v) is 4.79. The van der Waals surface area contributed by atoms with Gasteiger partial charge in [0.2, 0.25) is 0 Å². The molecule has 0 radical (unpaired) electrons. The molecule has 0 saturated heterocycles. The Bertz CT molecular complexity index is 331. The summed E-state index contributed by atoms with van der Waals surface area (Å²) in [7, 11) is -1.44. The van der Waals surface area contributed by atoms with Crippen LogP contribution in [0.15, 0.2) is 18.2 Å². The zero-order valence-electron chi connectivity index (χ0n) is 8.58. The van der Waals surface area contributed by atoms with E-state index in [1.165, 1.54) is 0 Å². The van der Waals surface area contributed by atoms with Crippen molar-refractivity contribution in [3.63, 3.8) is 0 Å². The largest absolute Gasteiger partial charge is 0.488 e. The molecule has 1 rings (SSSR count). The molecular weight excluding hydrogens is 198 g/mol. The topological polar surface area (TPSA) is 40.5 Å². The normalized spacial score (nSPS) is 11.6. The molecule has 4 heteroatoms. The van der Waals surface area contributed by atoms with Crippen molar-refractivity contribution in [3.05, 3.63) is 28.8 Å². The first-order valence-electron chi connectivity index (χ1n) is 4.48. The summed E-state index contributed by atoms with van der Waals surface area (Å²) in [5, 5.41) is 19.0. The van der Waals surface area contributed by atoms with Crippen LogP contribution in [0.3, 0.4) is 0 Å². The van der Waals surface area contributed by atoms with Gasteiger partial charge in [-0.2, -0.15) is 0 Å². The van der Waals surface area contributed by atoms with Gasteiger partial charge in [0.05, 0.1) is 0 Å². The average Bonchev–Trinajstić information content (AvgIpc) is 2.01. The molecule has 0 unspecified atom stereocenters. The summed E-state index contributed by atoms with van der Waals surface area (Å²) >= 11 is 5.86. The lowest BCUT2D eigenvalue weighted by Gasteiger charge is -2.23. The van der Waals surface area contributed by atoms with Gasteiger partial charge < -0.3 is 10.0 Å². The first-order valence-corrected chi connectivity index (χ1v) is 4.86. The maximum absolute atomic E-state index is 9.17. The summed E-state index contributed by atoms with van der Waals surface area (Å²) in [4.78, 5) is 0. The van der Waals surface area contributed by atoms with Crippen LogP contribution in [0.1, 0.15) is 26.3 Å². The number of hydrogen-bond donors (Lipinski definition) is 2.